The van der Waals surface area contributed by atoms with E-state index < -0.39 is 5.97 Å². The molecule has 1 aromatic heterocycles. The fraction of sp³-hybridized carbons (Fsp3) is 0.625. The number of carboxylic acid groups (broad SMARTS) is 1. The van der Waals surface area contributed by atoms with Gasteiger partial charge in [-0.05, 0) is 50.0 Å². The van der Waals surface area contributed by atoms with Gasteiger partial charge in [-0.3, -0.25) is 0 Å². The first-order valence-electron chi connectivity index (χ1n) is 7.54. The van der Waals surface area contributed by atoms with Gasteiger partial charge in [0, 0.05) is 17.0 Å². The maximum atomic E-state index is 11.2. The molecule has 1 saturated carbocycles. The topological polar surface area (TPSA) is 62.2 Å². The van der Waals surface area contributed by atoms with E-state index in [-0.39, 0.29) is 5.92 Å². The van der Waals surface area contributed by atoms with Gasteiger partial charge in [-0.15, -0.1) is 0 Å². The van der Waals surface area contributed by atoms with Gasteiger partial charge < -0.3 is 10.4 Å². The van der Waals surface area contributed by atoms with Gasteiger partial charge in [-0.2, -0.15) is 11.8 Å². The molecule has 5 heteroatoms. The predicted octanol–water partition coefficient (Wildman–Crippen LogP) is 3.99. The van der Waals surface area contributed by atoms with Gasteiger partial charge in [0.25, 0.3) is 0 Å². The summed E-state index contributed by atoms with van der Waals surface area (Å²) >= 11 is 1.95. The summed E-state index contributed by atoms with van der Waals surface area (Å²) in [5.74, 6) is 0.0247. The van der Waals surface area contributed by atoms with Gasteiger partial charge in [0.2, 0.25) is 0 Å². The van der Waals surface area contributed by atoms with Crippen LogP contribution in [0.15, 0.2) is 12.1 Å². The van der Waals surface area contributed by atoms with Crippen molar-refractivity contribution in [3.63, 3.8) is 0 Å². The smallest absolute Gasteiger partial charge is 0.335 e. The van der Waals surface area contributed by atoms with Crippen LogP contribution in [0.5, 0.6) is 0 Å². The molecule has 1 aromatic rings. The van der Waals surface area contributed by atoms with Gasteiger partial charge >= 0.3 is 5.97 Å². The van der Waals surface area contributed by atoms with Crippen molar-refractivity contribution in [2.24, 2.45) is 0 Å². The lowest BCUT2D eigenvalue weighted by Crippen LogP contribution is -2.27. The number of rotatable bonds is 5. The molecule has 0 aromatic carbocycles. The first kappa shape index (κ1) is 16.1. The van der Waals surface area contributed by atoms with Crippen molar-refractivity contribution in [1.82, 2.24) is 4.98 Å². The average Bonchev–Trinajstić information content (AvgIpc) is 2.47. The molecule has 116 valence electrons. The van der Waals surface area contributed by atoms with Crippen LogP contribution in [0.25, 0.3) is 0 Å². The Balaban J connectivity index is 2.10. The molecule has 21 heavy (non-hydrogen) atoms. The number of aromatic nitrogens is 1. The number of thioether (sulfide) groups is 1. The number of nitrogens with zero attached hydrogens (tertiary/aromatic N) is 1. The summed E-state index contributed by atoms with van der Waals surface area (Å²) < 4.78 is 0. The predicted molar refractivity (Wildman–Crippen MR) is 88.5 cm³/mol. The minimum atomic E-state index is -0.895. The van der Waals surface area contributed by atoms with Crippen LogP contribution in [0.3, 0.4) is 0 Å². The monoisotopic (exact) mass is 308 g/mol. The number of carboxylic acids is 1. The van der Waals surface area contributed by atoms with Crippen LogP contribution in [0.4, 0.5) is 5.82 Å². The molecule has 4 nitrogen and oxygen atoms in total. The van der Waals surface area contributed by atoms with Crippen molar-refractivity contribution >= 4 is 23.5 Å². The van der Waals surface area contributed by atoms with Gasteiger partial charge in [0.15, 0.2) is 0 Å². The zero-order chi connectivity index (χ0) is 15.4. The second kappa shape index (κ2) is 7.16. The molecule has 1 aliphatic carbocycles. The van der Waals surface area contributed by atoms with Crippen LogP contribution in [-0.2, 0) is 0 Å². The average molecular weight is 308 g/mol. The van der Waals surface area contributed by atoms with E-state index in [9.17, 15) is 9.90 Å². The SMILES string of the molecule is CSC1CCC(Nc2cc(C(=O)O)cc(C(C)C)n2)CC1. The number of anilines is 1. The maximum Gasteiger partial charge on any atom is 0.335 e. The number of carbonyl (C=O) groups is 1. The Morgan fingerprint density at radius 1 is 1.33 bits per heavy atom. The summed E-state index contributed by atoms with van der Waals surface area (Å²) in [5.41, 5.74) is 1.14. The lowest BCUT2D eigenvalue weighted by Gasteiger charge is -2.28. The third kappa shape index (κ3) is 4.37. The third-order valence-electron chi connectivity index (χ3n) is 4.04. The van der Waals surface area contributed by atoms with E-state index in [1.807, 2.05) is 25.6 Å². The summed E-state index contributed by atoms with van der Waals surface area (Å²) in [4.78, 5) is 15.8. The second-order valence-electron chi connectivity index (χ2n) is 5.98. The lowest BCUT2D eigenvalue weighted by molar-refractivity contribution is 0.0696. The highest BCUT2D eigenvalue weighted by molar-refractivity contribution is 7.99. The van der Waals surface area contributed by atoms with Crippen molar-refractivity contribution in [2.45, 2.75) is 56.7 Å². The first-order chi connectivity index (χ1) is 9.99. The molecule has 0 aliphatic heterocycles. The largest absolute Gasteiger partial charge is 0.478 e. The Kier molecular flexibility index (Phi) is 5.51. The molecule has 0 amide bonds. The molecule has 0 saturated heterocycles. The van der Waals surface area contributed by atoms with E-state index in [4.69, 9.17) is 0 Å². The molecule has 0 atom stereocenters. The molecule has 1 aliphatic rings. The quantitative estimate of drug-likeness (QED) is 0.861. The standard InChI is InChI=1S/C16H24N2O2S/c1-10(2)14-8-11(16(19)20)9-15(18-14)17-12-4-6-13(21-3)7-5-12/h8-10,12-13H,4-7H2,1-3H3,(H,17,18)(H,19,20). The molecular weight excluding hydrogens is 284 g/mol. The van der Waals surface area contributed by atoms with Crippen LogP contribution >= 0.6 is 11.8 Å². The zero-order valence-electron chi connectivity index (χ0n) is 12.9. The van der Waals surface area contributed by atoms with Crippen molar-refractivity contribution in [2.75, 3.05) is 11.6 Å². The molecule has 0 bridgehead atoms. The van der Waals surface area contributed by atoms with Crippen LogP contribution in [0.1, 0.15) is 61.5 Å². The number of nitrogens with one attached hydrogen (secondary N) is 1. The fourth-order valence-corrected chi connectivity index (χ4v) is 3.44. The van der Waals surface area contributed by atoms with E-state index in [1.165, 1.54) is 12.8 Å². The van der Waals surface area contributed by atoms with Crippen molar-refractivity contribution < 1.29 is 9.90 Å². The normalized spacial score (nSPS) is 22.3. The first-order valence-corrected chi connectivity index (χ1v) is 8.83. The van der Waals surface area contributed by atoms with Crippen LogP contribution in [0.2, 0.25) is 0 Å². The minimum absolute atomic E-state index is 0.220. The Morgan fingerprint density at radius 2 is 2.00 bits per heavy atom. The summed E-state index contributed by atoms with van der Waals surface area (Å²) in [6, 6.07) is 3.72. The van der Waals surface area contributed by atoms with E-state index in [0.29, 0.717) is 17.4 Å². The van der Waals surface area contributed by atoms with Crippen molar-refractivity contribution in [3.05, 3.63) is 23.4 Å². The highest BCUT2D eigenvalue weighted by Crippen LogP contribution is 2.29. The zero-order valence-corrected chi connectivity index (χ0v) is 13.7. The van der Waals surface area contributed by atoms with Gasteiger partial charge in [0.1, 0.15) is 5.82 Å². The lowest BCUT2D eigenvalue weighted by atomic mass is 9.95. The fourth-order valence-electron chi connectivity index (χ4n) is 2.70. The summed E-state index contributed by atoms with van der Waals surface area (Å²) in [7, 11) is 0. The molecule has 2 rings (SSSR count). The van der Waals surface area contributed by atoms with Gasteiger partial charge in [0.05, 0.1) is 5.56 Å². The second-order valence-corrected chi connectivity index (χ2v) is 7.12. The van der Waals surface area contributed by atoms with Crippen LogP contribution in [-0.4, -0.2) is 33.6 Å². The highest BCUT2D eigenvalue weighted by atomic mass is 32.2. The number of hydrogen-bond donors (Lipinski definition) is 2. The minimum Gasteiger partial charge on any atom is -0.478 e. The number of pyridine rings is 1. The molecule has 2 N–H and O–H groups in total. The summed E-state index contributed by atoms with van der Waals surface area (Å²) in [6.07, 6.45) is 6.86. The van der Waals surface area contributed by atoms with Gasteiger partial charge in [-0.1, -0.05) is 13.8 Å². The van der Waals surface area contributed by atoms with Crippen LogP contribution < -0.4 is 5.32 Å². The summed E-state index contributed by atoms with van der Waals surface area (Å²) in [6.45, 7) is 4.06. The maximum absolute atomic E-state index is 11.2. The van der Waals surface area contributed by atoms with E-state index in [0.717, 1.165) is 23.8 Å². The number of hydrogen-bond acceptors (Lipinski definition) is 4. The molecule has 1 heterocycles. The molecular formula is C16H24N2O2S. The Morgan fingerprint density at radius 3 is 2.52 bits per heavy atom. The Bertz CT molecular complexity index is 497. The molecule has 1 fully saturated rings. The van der Waals surface area contributed by atoms with E-state index >= 15 is 0 Å². The van der Waals surface area contributed by atoms with E-state index in [1.54, 1.807) is 12.1 Å². The Hall–Kier alpha value is -1.23. The highest BCUT2D eigenvalue weighted by Gasteiger charge is 2.21. The third-order valence-corrected chi connectivity index (χ3v) is 5.18. The van der Waals surface area contributed by atoms with Crippen molar-refractivity contribution in [1.29, 1.82) is 0 Å². The van der Waals surface area contributed by atoms with Gasteiger partial charge in [-0.25, -0.2) is 9.78 Å². The van der Waals surface area contributed by atoms with E-state index in [2.05, 4.69) is 16.6 Å². The number of aromatic carboxylic acids is 1. The van der Waals surface area contributed by atoms with Crippen LogP contribution in [0, 0.1) is 0 Å². The summed E-state index contributed by atoms with van der Waals surface area (Å²) in [5, 5.41) is 13.4. The molecule has 0 unspecified atom stereocenters. The van der Waals surface area contributed by atoms with Crippen molar-refractivity contribution in [3.8, 4) is 0 Å². The molecule has 0 spiro atoms. The Labute approximate surface area is 130 Å². The molecule has 0 radical (unpaired) electrons.